The van der Waals surface area contributed by atoms with E-state index in [9.17, 15) is 4.79 Å². The quantitative estimate of drug-likeness (QED) is 0.690. The van der Waals surface area contributed by atoms with Crippen LogP contribution >= 0.6 is 0 Å². The summed E-state index contributed by atoms with van der Waals surface area (Å²) >= 11 is 0. The van der Waals surface area contributed by atoms with Gasteiger partial charge in [0.2, 0.25) is 0 Å². The smallest absolute Gasteiger partial charge is 0.267 e. The molecule has 0 aliphatic rings. The second-order valence-electron chi connectivity index (χ2n) is 4.55. The van der Waals surface area contributed by atoms with E-state index in [2.05, 4.69) is 20.6 Å². The maximum atomic E-state index is 12.0. The van der Waals surface area contributed by atoms with Crippen molar-refractivity contribution in [1.82, 2.24) is 25.3 Å². The predicted octanol–water partition coefficient (Wildman–Crippen LogP) is 1.58. The minimum atomic E-state index is -0.0835. The first kappa shape index (κ1) is 12.4. The van der Waals surface area contributed by atoms with E-state index in [1.807, 2.05) is 30.3 Å². The molecule has 0 bridgehead atoms. The van der Waals surface area contributed by atoms with Gasteiger partial charge in [0, 0.05) is 30.2 Å². The number of para-hydroxylation sites is 1. The van der Waals surface area contributed by atoms with Gasteiger partial charge < -0.3 is 10.3 Å². The fourth-order valence-electron chi connectivity index (χ4n) is 2.09. The van der Waals surface area contributed by atoms with Gasteiger partial charge in [0.25, 0.3) is 5.91 Å². The van der Waals surface area contributed by atoms with Crippen molar-refractivity contribution in [3.05, 3.63) is 48.4 Å². The van der Waals surface area contributed by atoms with E-state index in [0.717, 1.165) is 23.9 Å². The van der Waals surface area contributed by atoms with Crippen LogP contribution in [0, 0.1) is 0 Å². The van der Waals surface area contributed by atoms with Gasteiger partial charge in [-0.2, -0.15) is 0 Å². The Morgan fingerprint density at radius 2 is 2.25 bits per heavy atom. The molecule has 20 heavy (non-hydrogen) atoms. The Kier molecular flexibility index (Phi) is 3.45. The number of benzene rings is 1. The summed E-state index contributed by atoms with van der Waals surface area (Å²) in [5.41, 5.74) is 1.56. The lowest BCUT2D eigenvalue weighted by Crippen LogP contribution is -2.25. The van der Waals surface area contributed by atoms with Gasteiger partial charge in [0.05, 0.1) is 6.20 Å². The van der Waals surface area contributed by atoms with Crippen LogP contribution in [-0.4, -0.2) is 32.4 Å². The van der Waals surface area contributed by atoms with Crippen LogP contribution < -0.4 is 5.32 Å². The summed E-state index contributed by atoms with van der Waals surface area (Å²) in [6.45, 7) is 1.35. The average Bonchev–Trinajstić information content (AvgIpc) is 3.12. The van der Waals surface area contributed by atoms with Crippen LogP contribution in [0.25, 0.3) is 10.9 Å². The minimum Gasteiger partial charge on any atom is -0.351 e. The number of fused-ring (bicyclic) bond motifs is 1. The Balaban J connectivity index is 1.53. The number of carbonyl (C=O) groups is 1. The summed E-state index contributed by atoms with van der Waals surface area (Å²) < 4.78 is 1.75. The van der Waals surface area contributed by atoms with E-state index in [1.54, 1.807) is 17.1 Å². The summed E-state index contributed by atoms with van der Waals surface area (Å²) in [5.74, 6) is -0.0835. The largest absolute Gasteiger partial charge is 0.351 e. The third-order valence-corrected chi connectivity index (χ3v) is 3.10. The predicted molar refractivity (Wildman–Crippen MR) is 75.3 cm³/mol. The van der Waals surface area contributed by atoms with Crippen molar-refractivity contribution >= 4 is 16.8 Å². The SMILES string of the molecule is O=C(NCCCn1ccnn1)c1cc2ccccc2[nH]1. The zero-order chi connectivity index (χ0) is 13.8. The summed E-state index contributed by atoms with van der Waals surface area (Å²) in [6, 6.07) is 9.70. The molecule has 1 amide bonds. The van der Waals surface area contributed by atoms with Crippen molar-refractivity contribution in [2.24, 2.45) is 0 Å². The number of aromatic amines is 1. The van der Waals surface area contributed by atoms with E-state index in [-0.39, 0.29) is 5.91 Å². The number of aryl methyl sites for hydroxylation is 1. The Labute approximate surface area is 115 Å². The molecular weight excluding hydrogens is 254 g/mol. The number of hydrogen-bond donors (Lipinski definition) is 2. The van der Waals surface area contributed by atoms with Crippen LogP contribution in [0.5, 0.6) is 0 Å². The first-order chi connectivity index (χ1) is 9.83. The van der Waals surface area contributed by atoms with Gasteiger partial charge in [-0.25, -0.2) is 0 Å². The van der Waals surface area contributed by atoms with E-state index in [1.165, 1.54) is 0 Å². The van der Waals surface area contributed by atoms with Crippen molar-refractivity contribution in [2.45, 2.75) is 13.0 Å². The van der Waals surface area contributed by atoms with Gasteiger partial charge in [-0.15, -0.1) is 5.10 Å². The molecule has 0 spiro atoms. The molecule has 0 aliphatic heterocycles. The first-order valence-corrected chi connectivity index (χ1v) is 6.53. The van der Waals surface area contributed by atoms with E-state index in [0.29, 0.717) is 12.2 Å². The van der Waals surface area contributed by atoms with Gasteiger partial charge in [0.15, 0.2) is 0 Å². The number of rotatable bonds is 5. The average molecular weight is 269 g/mol. The lowest BCUT2D eigenvalue weighted by Gasteiger charge is -2.03. The number of hydrogen-bond acceptors (Lipinski definition) is 3. The minimum absolute atomic E-state index is 0.0835. The molecule has 0 aliphatic carbocycles. The van der Waals surface area contributed by atoms with Crippen molar-refractivity contribution in [2.75, 3.05) is 6.54 Å². The van der Waals surface area contributed by atoms with Crippen LogP contribution in [0.2, 0.25) is 0 Å². The van der Waals surface area contributed by atoms with Gasteiger partial charge in [0.1, 0.15) is 5.69 Å². The molecule has 0 atom stereocenters. The van der Waals surface area contributed by atoms with Crippen molar-refractivity contribution < 1.29 is 4.79 Å². The van der Waals surface area contributed by atoms with E-state index < -0.39 is 0 Å². The summed E-state index contributed by atoms with van der Waals surface area (Å²) in [4.78, 5) is 15.1. The van der Waals surface area contributed by atoms with Crippen LogP contribution in [0.1, 0.15) is 16.9 Å². The first-order valence-electron chi connectivity index (χ1n) is 6.53. The fraction of sp³-hybridized carbons (Fsp3) is 0.214. The molecule has 1 aromatic carbocycles. The van der Waals surface area contributed by atoms with E-state index >= 15 is 0 Å². The topological polar surface area (TPSA) is 75.6 Å². The molecule has 0 fully saturated rings. The molecule has 0 unspecified atom stereocenters. The standard InChI is InChI=1S/C14H15N5O/c20-14(15-6-3-8-19-9-7-16-18-19)13-10-11-4-1-2-5-12(11)17-13/h1-2,4-5,7,9-10,17H,3,6,8H2,(H,15,20). The second-order valence-corrected chi connectivity index (χ2v) is 4.55. The molecule has 102 valence electrons. The van der Waals surface area contributed by atoms with Crippen LogP contribution in [0.3, 0.4) is 0 Å². The van der Waals surface area contributed by atoms with Gasteiger partial charge in [-0.1, -0.05) is 23.4 Å². The summed E-state index contributed by atoms with van der Waals surface area (Å²) in [7, 11) is 0. The van der Waals surface area contributed by atoms with Gasteiger partial charge >= 0.3 is 0 Å². The van der Waals surface area contributed by atoms with Gasteiger partial charge in [-0.05, 0) is 18.6 Å². The highest BCUT2D eigenvalue weighted by Gasteiger charge is 2.08. The fourth-order valence-corrected chi connectivity index (χ4v) is 2.09. The van der Waals surface area contributed by atoms with Crippen molar-refractivity contribution in [3.63, 3.8) is 0 Å². The van der Waals surface area contributed by atoms with Crippen molar-refractivity contribution in [3.8, 4) is 0 Å². The van der Waals surface area contributed by atoms with E-state index in [4.69, 9.17) is 0 Å². The molecule has 6 heteroatoms. The second kappa shape index (κ2) is 5.56. The Morgan fingerprint density at radius 3 is 3.05 bits per heavy atom. The zero-order valence-corrected chi connectivity index (χ0v) is 10.9. The van der Waals surface area contributed by atoms with Crippen molar-refractivity contribution in [1.29, 1.82) is 0 Å². The number of nitrogens with zero attached hydrogens (tertiary/aromatic N) is 3. The highest BCUT2D eigenvalue weighted by Crippen LogP contribution is 2.14. The van der Waals surface area contributed by atoms with Crippen LogP contribution in [0.4, 0.5) is 0 Å². The Bertz CT molecular complexity index is 668. The molecule has 3 rings (SSSR count). The van der Waals surface area contributed by atoms with Crippen LogP contribution in [0.15, 0.2) is 42.7 Å². The number of nitrogens with one attached hydrogen (secondary N) is 2. The molecule has 2 N–H and O–H groups in total. The highest BCUT2D eigenvalue weighted by molar-refractivity contribution is 5.97. The third-order valence-electron chi connectivity index (χ3n) is 3.10. The highest BCUT2D eigenvalue weighted by atomic mass is 16.1. The summed E-state index contributed by atoms with van der Waals surface area (Å²) in [6.07, 6.45) is 4.26. The van der Waals surface area contributed by atoms with Gasteiger partial charge in [-0.3, -0.25) is 9.48 Å². The maximum Gasteiger partial charge on any atom is 0.267 e. The normalized spacial score (nSPS) is 10.8. The molecule has 6 nitrogen and oxygen atoms in total. The third kappa shape index (κ3) is 2.69. The Hall–Kier alpha value is -2.63. The summed E-state index contributed by atoms with van der Waals surface area (Å²) in [5, 5.41) is 11.5. The molecule has 2 heterocycles. The number of amides is 1. The lowest BCUT2D eigenvalue weighted by molar-refractivity contribution is 0.0948. The zero-order valence-electron chi connectivity index (χ0n) is 10.9. The monoisotopic (exact) mass is 269 g/mol. The maximum absolute atomic E-state index is 12.0. The molecule has 0 saturated heterocycles. The molecule has 2 aromatic heterocycles. The number of H-pyrrole nitrogens is 1. The molecule has 0 saturated carbocycles. The number of carbonyl (C=O) groups excluding carboxylic acids is 1. The molecule has 3 aromatic rings. The van der Waals surface area contributed by atoms with Crippen LogP contribution in [-0.2, 0) is 6.54 Å². The number of aromatic nitrogens is 4. The Morgan fingerprint density at radius 1 is 1.35 bits per heavy atom. The molecule has 0 radical (unpaired) electrons. The lowest BCUT2D eigenvalue weighted by atomic mass is 10.2. The molecular formula is C14H15N5O.